The zero-order chi connectivity index (χ0) is 20.5. The number of para-hydroxylation sites is 1. The molecule has 0 radical (unpaired) electrons. The summed E-state index contributed by atoms with van der Waals surface area (Å²) < 4.78 is 2.65. The van der Waals surface area contributed by atoms with Crippen LogP contribution in [-0.4, -0.2) is 38.9 Å². The molecule has 1 N–H and O–H groups in total. The number of hydrogen-bond acceptors (Lipinski definition) is 6. The van der Waals surface area contributed by atoms with Crippen molar-refractivity contribution in [2.75, 3.05) is 11.9 Å². The fourth-order valence-corrected chi connectivity index (χ4v) is 5.38. The summed E-state index contributed by atoms with van der Waals surface area (Å²) in [5, 5.41) is 3.42. The van der Waals surface area contributed by atoms with Gasteiger partial charge in [0.25, 0.3) is 0 Å². The zero-order valence-electron chi connectivity index (χ0n) is 16.3. The van der Waals surface area contributed by atoms with Crippen molar-refractivity contribution in [1.82, 2.24) is 14.5 Å². The lowest BCUT2D eigenvalue weighted by molar-refractivity contribution is -0.136. The summed E-state index contributed by atoms with van der Waals surface area (Å²) in [6.45, 7) is 4.70. The lowest BCUT2D eigenvalue weighted by atomic mass is 10.2. The van der Waals surface area contributed by atoms with Crippen molar-refractivity contribution in [1.29, 1.82) is 0 Å². The summed E-state index contributed by atoms with van der Waals surface area (Å²) in [4.78, 5) is 44.6. The minimum absolute atomic E-state index is 0.0423. The Balaban J connectivity index is 1.41. The van der Waals surface area contributed by atoms with Crippen LogP contribution >= 0.6 is 22.7 Å². The number of likely N-dealkylation sites (tertiary alicyclic amines) is 1. The lowest BCUT2D eigenvalue weighted by Crippen LogP contribution is -2.43. The monoisotopic (exact) mass is 430 g/mol. The Morgan fingerprint density at radius 1 is 1.24 bits per heavy atom. The Morgan fingerprint density at radius 3 is 2.76 bits per heavy atom. The van der Waals surface area contributed by atoms with Gasteiger partial charge in [-0.25, -0.2) is 4.98 Å². The summed E-state index contributed by atoms with van der Waals surface area (Å²) in [7, 11) is 0. The van der Waals surface area contributed by atoms with Crippen molar-refractivity contribution in [2.24, 2.45) is 0 Å². The van der Waals surface area contributed by atoms with Crippen LogP contribution in [0.15, 0.2) is 29.1 Å². The Bertz CT molecular complexity index is 1100. The van der Waals surface area contributed by atoms with E-state index in [2.05, 4.69) is 10.3 Å². The molecular formula is C20H22N4O3S2. The number of nitrogens with zero attached hydrogens (tertiary/aromatic N) is 3. The first-order valence-electron chi connectivity index (χ1n) is 9.57. The average molecular weight is 431 g/mol. The maximum absolute atomic E-state index is 12.8. The van der Waals surface area contributed by atoms with Crippen molar-refractivity contribution in [3.63, 3.8) is 0 Å². The molecular weight excluding hydrogens is 408 g/mol. The van der Waals surface area contributed by atoms with Crippen molar-refractivity contribution in [3.8, 4) is 0 Å². The van der Waals surface area contributed by atoms with Crippen LogP contribution in [0.4, 0.5) is 5.13 Å². The standard InChI is InChI=1S/C20H22N4O3S2/c1-12-13(2)28-20(27)23(12)11-9-17(25)24-10-5-7-15(24)18(26)22-19-21-14-6-3-4-8-16(14)29-19/h3-4,6,8,15H,5,7,9-11H2,1-2H3,(H,21,22,26). The molecule has 1 fully saturated rings. The van der Waals surface area contributed by atoms with E-state index in [-0.39, 0.29) is 23.1 Å². The van der Waals surface area contributed by atoms with E-state index in [1.165, 1.54) is 22.7 Å². The maximum Gasteiger partial charge on any atom is 0.307 e. The molecule has 1 atom stereocenters. The minimum atomic E-state index is -0.489. The van der Waals surface area contributed by atoms with Gasteiger partial charge in [-0.1, -0.05) is 34.8 Å². The number of fused-ring (bicyclic) bond motifs is 1. The predicted octanol–water partition coefficient (Wildman–Crippen LogP) is 3.16. The molecule has 2 aromatic heterocycles. The van der Waals surface area contributed by atoms with Crippen molar-refractivity contribution in [2.45, 2.75) is 45.7 Å². The maximum atomic E-state index is 12.8. The third-order valence-electron chi connectivity index (χ3n) is 5.32. The smallest absolute Gasteiger partial charge is 0.307 e. The highest BCUT2D eigenvalue weighted by Gasteiger charge is 2.34. The van der Waals surface area contributed by atoms with Gasteiger partial charge in [-0.15, -0.1) is 0 Å². The third-order valence-corrected chi connectivity index (χ3v) is 7.27. The van der Waals surface area contributed by atoms with Crippen LogP contribution in [0, 0.1) is 13.8 Å². The second-order valence-electron chi connectivity index (χ2n) is 7.13. The average Bonchev–Trinajstić information content (AvgIpc) is 3.38. The number of carbonyl (C=O) groups excluding carboxylic acids is 2. The van der Waals surface area contributed by atoms with Crippen molar-refractivity contribution < 1.29 is 9.59 Å². The van der Waals surface area contributed by atoms with Crippen LogP contribution in [0.1, 0.15) is 29.8 Å². The molecule has 3 aromatic rings. The molecule has 29 heavy (non-hydrogen) atoms. The van der Waals surface area contributed by atoms with Crippen LogP contribution in [0.2, 0.25) is 0 Å². The van der Waals surface area contributed by atoms with E-state index in [1.807, 2.05) is 38.1 Å². The molecule has 0 spiro atoms. The number of carbonyl (C=O) groups is 2. The molecule has 0 bridgehead atoms. The highest BCUT2D eigenvalue weighted by molar-refractivity contribution is 7.22. The number of rotatable bonds is 5. The predicted molar refractivity (Wildman–Crippen MR) is 116 cm³/mol. The molecule has 0 aliphatic carbocycles. The molecule has 7 nitrogen and oxygen atoms in total. The first-order chi connectivity index (χ1) is 13.9. The minimum Gasteiger partial charge on any atom is -0.331 e. The van der Waals surface area contributed by atoms with E-state index >= 15 is 0 Å². The first-order valence-corrected chi connectivity index (χ1v) is 11.2. The second-order valence-corrected chi connectivity index (χ2v) is 9.33. The van der Waals surface area contributed by atoms with E-state index in [0.29, 0.717) is 24.6 Å². The van der Waals surface area contributed by atoms with Gasteiger partial charge < -0.3 is 14.8 Å². The topological polar surface area (TPSA) is 84.3 Å². The van der Waals surface area contributed by atoms with Gasteiger partial charge in [-0.05, 0) is 38.8 Å². The summed E-state index contributed by atoms with van der Waals surface area (Å²) in [5.74, 6) is -0.295. The molecule has 9 heteroatoms. The zero-order valence-corrected chi connectivity index (χ0v) is 17.9. The quantitative estimate of drug-likeness (QED) is 0.674. The number of aryl methyl sites for hydroxylation is 1. The summed E-state index contributed by atoms with van der Waals surface area (Å²) in [5.41, 5.74) is 1.75. The van der Waals surface area contributed by atoms with Gasteiger partial charge in [-0.3, -0.25) is 14.4 Å². The highest BCUT2D eigenvalue weighted by Crippen LogP contribution is 2.27. The van der Waals surface area contributed by atoms with Crippen molar-refractivity contribution >= 4 is 49.8 Å². The van der Waals surface area contributed by atoms with E-state index in [4.69, 9.17) is 0 Å². The normalized spacial score (nSPS) is 16.5. The van der Waals surface area contributed by atoms with Gasteiger partial charge in [0.05, 0.1) is 10.2 Å². The van der Waals surface area contributed by atoms with Crippen LogP contribution in [0.3, 0.4) is 0 Å². The molecule has 1 aliphatic heterocycles. The fourth-order valence-electron chi connectivity index (χ4n) is 3.65. The van der Waals surface area contributed by atoms with Gasteiger partial charge in [0, 0.05) is 30.1 Å². The fraction of sp³-hybridized carbons (Fsp3) is 0.400. The Morgan fingerprint density at radius 2 is 2.03 bits per heavy atom. The number of anilines is 1. The van der Waals surface area contributed by atoms with Crippen LogP contribution in [0.5, 0.6) is 0 Å². The summed E-state index contributed by atoms with van der Waals surface area (Å²) >= 11 is 2.62. The number of amides is 2. The molecule has 3 heterocycles. The van der Waals surface area contributed by atoms with E-state index in [1.54, 1.807) is 9.47 Å². The van der Waals surface area contributed by atoms with E-state index in [0.717, 1.165) is 27.2 Å². The molecule has 152 valence electrons. The molecule has 1 unspecified atom stereocenters. The van der Waals surface area contributed by atoms with Crippen LogP contribution in [-0.2, 0) is 16.1 Å². The third kappa shape index (κ3) is 3.97. The molecule has 2 amide bonds. The van der Waals surface area contributed by atoms with Gasteiger partial charge in [0.2, 0.25) is 11.8 Å². The molecule has 1 aromatic carbocycles. The lowest BCUT2D eigenvalue weighted by Gasteiger charge is -2.23. The van der Waals surface area contributed by atoms with Gasteiger partial charge in [0.15, 0.2) is 5.13 Å². The van der Waals surface area contributed by atoms with Crippen LogP contribution < -0.4 is 10.2 Å². The molecule has 4 rings (SSSR count). The van der Waals surface area contributed by atoms with E-state index < -0.39 is 6.04 Å². The summed E-state index contributed by atoms with van der Waals surface area (Å²) in [6, 6.07) is 7.22. The van der Waals surface area contributed by atoms with Gasteiger partial charge >= 0.3 is 4.87 Å². The number of aromatic nitrogens is 2. The molecule has 0 saturated carbocycles. The number of nitrogens with one attached hydrogen (secondary N) is 1. The number of hydrogen-bond donors (Lipinski definition) is 1. The summed E-state index contributed by atoms with van der Waals surface area (Å²) in [6.07, 6.45) is 1.64. The van der Waals surface area contributed by atoms with E-state index in [9.17, 15) is 14.4 Å². The molecule has 1 aliphatic rings. The largest absolute Gasteiger partial charge is 0.331 e. The Kier molecular flexibility index (Phi) is 5.51. The SMILES string of the molecule is Cc1sc(=O)n(CCC(=O)N2CCCC2C(=O)Nc2nc3ccccc3s2)c1C. The van der Waals surface area contributed by atoms with Crippen molar-refractivity contribution in [3.05, 3.63) is 44.5 Å². The molecule has 1 saturated heterocycles. The number of benzene rings is 1. The first kappa shape index (κ1) is 19.8. The van der Waals surface area contributed by atoms with Crippen LogP contribution in [0.25, 0.3) is 10.2 Å². The second kappa shape index (κ2) is 8.08. The number of thiazole rings is 2. The Hall–Kier alpha value is -2.52. The Labute approximate surface area is 176 Å². The van der Waals surface area contributed by atoms with Gasteiger partial charge in [-0.2, -0.15) is 0 Å². The van der Waals surface area contributed by atoms with Gasteiger partial charge in [0.1, 0.15) is 6.04 Å². The highest BCUT2D eigenvalue weighted by atomic mass is 32.1.